The summed E-state index contributed by atoms with van der Waals surface area (Å²) in [6.45, 7) is 4.24. The van der Waals surface area contributed by atoms with Crippen LogP contribution in [0.15, 0.2) is 36.5 Å². The van der Waals surface area contributed by atoms with Gasteiger partial charge >= 0.3 is 6.18 Å². The third kappa shape index (κ3) is 5.93. The number of hydrogen-bond donors (Lipinski definition) is 2. The highest BCUT2D eigenvalue weighted by Gasteiger charge is 2.41. The molecule has 3 fully saturated rings. The number of hydrogen-bond acceptors (Lipinski definition) is 7. The molecule has 0 saturated carbocycles. The molecule has 2 atom stereocenters. The van der Waals surface area contributed by atoms with Gasteiger partial charge in [0.05, 0.1) is 30.9 Å². The Hall–Kier alpha value is -3.05. The highest BCUT2D eigenvalue weighted by atomic mass is 19.4. The molecule has 8 nitrogen and oxygen atoms in total. The average molecular weight is 519 g/mol. The van der Waals surface area contributed by atoms with Crippen molar-refractivity contribution in [2.75, 3.05) is 68.5 Å². The lowest BCUT2D eigenvalue weighted by atomic mass is 10.2. The molecule has 37 heavy (non-hydrogen) atoms. The van der Waals surface area contributed by atoms with Crippen LogP contribution in [0.5, 0.6) is 0 Å². The van der Waals surface area contributed by atoms with Crippen LogP contribution in [-0.4, -0.2) is 85.8 Å². The molecule has 2 N–H and O–H groups in total. The zero-order valence-corrected chi connectivity index (χ0v) is 20.9. The lowest BCUT2D eigenvalue weighted by Gasteiger charge is -2.33. The van der Waals surface area contributed by atoms with Crippen molar-refractivity contribution >= 4 is 28.8 Å². The third-order valence-corrected chi connectivity index (χ3v) is 7.43. The summed E-state index contributed by atoms with van der Waals surface area (Å²) in [5, 5.41) is 6.03. The predicted octanol–water partition coefficient (Wildman–Crippen LogP) is 3.79. The second-order valence-corrected chi connectivity index (χ2v) is 9.94. The number of piperazine rings is 1. The normalized spacial score (nSPS) is 22.4. The largest absolute Gasteiger partial charge is 0.419 e. The fourth-order valence-corrected chi connectivity index (χ4v) is 5.41. The molecular weight excluding hydrogens is 485 g/mol. The summed E-state index contributed by atoms with van der Waals surface area (Å²) in [4.78, 5) is 22.6. The molecule has 2 aromatic rings. The van der Waals surface area contributed by atoms with Crippen LogP contribution >= 0.6 is 0 Å². The van der Waals surface area contributed by atoms with Crippen molar-refractivity contribution in [1.29, 1.82) is 0 Å². The first-order valence-corrected chi connectivity index (χ1v) is 12.8. The minimum atomic E-state index is -4.53. The van der Waals surface area contributed by atoms with Gasteiger partial charge in [-0.25, -0.2) is 4.98 Å². The number of alkyl halides is 3. The molecule has 1 aromatic heterocycles. The van der Waals surface area contributed by atoms with Crippen molar-refractivity contribution in [3.63, 3.8) is 0 Å². The average Bonchev–Trinajstić information content (AvgIpc) is 3.37. The quantitative estimate of drug-likeness (QED) is 0.516. The van der Waals surface area contributed by atoms with Crippen molar-refractivity contribution in [3.8, 4) is 0 Å². The molecule has 3 aliphatic rings. The molecule has 0 radical (unpaired) electrons. The van der Waals surface area contributed by atoms with Gasteiger partial charge < -0.3 is 25.2 Å². The standard InChI is InChI=1S/C26H33F3N6O2/c1-33-16-21-13-20(33)17-35(21)19-5-3-18(4-6-19)32-24-14-23(22(15-31-24)26(27,28)29)30-8-2-9-34-10-12-37-11-7-25(34)36/h3-6,14-15,20-21H,2,7-13,16-17H2,1H3,(H2,30,31,32). The fraction of sp³-hybridized carbons (Fsp3) is 0.538. The fourth-order valence-electron chi connectivity index (χ4n) is 5.41. The number of likely N-dealkylation sites (N-methyl/N-ethyl adjacent to an activating group) is 1. The van der Waals surface area contributed by atoms with E-state index in [9.17, 15) is 18.0 Å². The first-order chi connectivity index (χ1) is 17.8. The van der Waals surface area contributed by atoms with Gasteiger partial charge in [0.1, 0.15) is 5.82 Å². The molecule has 2 bridgehead atoms. The van der Waals surface area contributed by atoms with E-state index in [2.05, 4.69) is 32.5 Å². The van der Waals surface area contributed by atoms with Gasteiger partial charge in [-0.3, -0.25) is 9.69 Å². The smallest absolute Gasteiger partial charge is 0.384 e. The molecule has 200 valence electrons. The zero-order valence-electron chi connectivity index (χ0n) is 20.9. The maximum absolute atomic E-state index is 13.6. The van der Waals surface area contributed by atoms with E-state index in [-0.39, 0.29) is 11.6 Å². The Kier molecular flexibility index (Phi) is 7.43. The van der Waals surface area contributed by atoms with Crippen LogP contribution < -0.4 is 15.5 Å². The number of pyridine rings is 1. The molecule has 3 aliphatic heterocycles. The number of amides is 1. The van der Waals surface area contributed by atoms with Crippen LogP contribution in [0.25, 0.3) is 0 Å². The van der Waals surface area contributed by atoms with Crippen LogP contribution in [0.2, 0.25) is 0 Å². The predicted molar refractivity (Wildman–Crippen MR) is 136 cm³/mol. The number of nitrogens with one attached hydrogen (secondary N) is 2. The number of halogens is 3. The van der Waals surface area contributed by atoms with E-state index in [1.165, 1.54) is 12.5 Å². The van der Waals surface area contributed by atoms with E-state index < -0.39 is 11.7 Å². The Morgan fingerprint density at radius 1 is 1.14 bits per heavy atom. The van der Waals surface area contributed by atoms with Crippen LogP contribution in [0.1, 0.15) is 24.8 Å². The maximum atomic E-state index is 13.6. The Bertz CT molecular complexity index is 1090. The highest BCUT2D eigenvalue weighted by Crippen LogP contribution is 2.37. The second kappa shape index (κ2) is 10.7. The van der Waals surface area contributed by atoms with Crippen molar-refractivity contribution < 1.29 is 22.7 Å². The summed E-state index contributed by atoms with van der Waals surface area (Å²) in [5.74, 6) is 0.337. The van der Waals surface area contributed by atoms with Gasteiger partial charge in [-0.15, -0.1) is 0 Å². The topological polar surface area (TPSA) is 73.0 Å². The first-order valence-electron chi connectivity index (χ1n) is 12.8. The highest BCUT2D eigenvalue weighted by molar-refractivity contribution is 5.76. The molecule has 2 unspecified atom stereocenters. The Labute approximate surface area is 214 Å². The first kappa shape index (κ1) is 25.6. The lowest BCUT2D eigenvalue weighted by molar-refractivity contribution is -0.137. The minimum Gasteiger partial charge on any atom is -0.384 e. The van der Waals surface area contributed by atoms with Gasteiger partial charge in [0.2, 0.25) is 5.91 Å². The summed E-state index contributed by atoms with van der Waals surface area (Å²) < 4.78 is 46.1. The second-order valence-electron chi connectivity index (χ2n) is 9.94. The number of nitrogens with zero attached hydrogens (tertiary/aromatic N) is 4. The third-order valence-electron chi connectivity index (χ3n) is 7.43. The summed E-state index contributed by atoms with van der Waals surface area (Å²) >= 11 is 0. The van der Waals surface area contributed by atoms with E-state index in [0.717, 1.165) is 30.7 Å². The minimum absolute atomic E-state index is 0.0134. The molecule has 11 heteroatoms. The van der Waals surface area contributed by atoms with Gasteiger partial charge in [0.15, 0.2) is 0 Å². The molecule has 4 heterocycles. The zero-order chi connectivity index (χ0) is 26.0. The number of fused-ring (bicyclic) bond motifs is 2. The van der Waals surface area contributed by atoms with Crippen molar-refractivity contribution in [1.82, 2.24) is 14.8 Å². The van der Waals surface area contributed by atoms with Crippen molar-refractivity contribution in [3.05, 3.63) is 42.1 Å². The summed E-state index contributed by atoms with van der Waals surface area (Å²) in [6.07, 6.45) is -1.64. The monoisotopic (exact) mass is 518 g/mol. The van der Waals surface area contributed by atoms with E-state index in [4.69, 9.17) is 4.74 Å². The Morgan fingerprint density at radius 2 is 1.95 bits per heavy atom. The number of aromatic nitrogens is 1. The molecule has 0 spiro atoms. The van der Waals surface area contributed by atoms with E-state index >= 15 is 0 Å². The number of likely N-dealkylation sites (tertiary alicyclic amines) is 1. The van der Waals surface area contributed by atoms with E-state index in [0.29, 0.717) is 63.6 Å². The van der Waals surface area contributed by atoms with Gasteiger partial charge in [-0.05, 0) is 44.2 Å². The van der Waals surface area contributed by atoms with E-state index in [1.807, 2.05) is 24.3 Å². The van der Waals surface area contributed by atoms with E-state index in [1.54, 1.807) is 4.90 Å². The number of carbonyl (C=O) groups excluding carboxylic acids is 1. The lowest BCUT2D eigenvalue weighted by Crippen LogP contribution is -2.44. The molecule has 0 aliphatic carbocycles. The Morgan fingerprint density at radius 3 is 2.65 bits per heavy atom. The van der Waals surface area contributed by atoms with Crippen molar-refractivity contribution in [2.45, 2.75) is 37.5 Å². The number of benzene rings is 1. The van der Waals surface area contributed by atoms with Gasteiger partial charge in [-0.2, -0.15) is 13.2 Å². The SMILES string of the molecule is CN1CC2CC1CN2c1ccc(Nc2cc(NCCCN3CCOCCC3=O)c(C(F)(F)F)cn2)cc1. The molecule has 3 saturated heterocycles. The van der Waals surface area contributed by atoms with Crippen LogP contribution in [0.3, 0.4) is 0 Å². The van der Waals surface area contributed by atoms with Gasteiger partial charge in [-0.1, -0.05) is 0 Å². The number of rotatable bonds is 8. The summed E-state index contributed by atoms with van der Waals surface area (Å²) in [7, 11) is 2.17. The van der Waals surface area contributed by atoms with Crippen molar-refractivity contribution in [2.24, 2.45) is 0 Å². The summed E-state index contributed by atoms with van der Waals surface area (Å²) in [5.41, 5.74) is 1.06. The number of ether oxygens (including phenoxy) is 1. The van der Waals surface area contributed by atoms with Crippen LogP contribution in [-0.2, 0) is 15.7 Å². The van der Waals surface area contributed by atoms with Gasteiger partial charge in [0.25, 0.3) is 0 Å². The molecule has 1 amide bonds. The van der Waals surface area contributed by atoms with Gasteiger partial charge in [0, 0.05) is 68.4 Å². The number of carbonyl (C=O) groups is 1. The van der Waals surface area contributed by atoms with Crippen LogP contribution in [0.4, 0.5) is 36.1 Å². The molecule has 5 rings (SSSR count). The maximum Gasteiger partial charge on any atom is 0.419 e. The Balaban J connectivity index is 1.21. The van der Waals surface area contributed by atoms with Crippen LogP contribution in [0, 0.1) is 0 Å². The molecule has 1 aromatic carbocycles. The number of anilines is 4. The molecular formula is C26H33F3N6O2. The summed E-state index contributed by atoms with van der Waals surface area (Å²) in [6, 6.07) is 10.5.